The average Bonchev–Trinajstić information content (AvgIpc) is 2.89. The fourth-order valence-corrected chi connectivity index (χ4v) is 4.63. The molecule has 1 aliphatic heterocycles. The van der Waals surface area contributed by atoms with Crippen molar-refractivity contribution >= 4 is 21.9 Å². The molecule has 8 nitrogen and oxygen atoms in total. The van der Waals surface area contributed by atoms with Gasteiger partial charge < -0.3 is 14.7 Å². The largest absolute Gasteiger partial charge is 0.495 e. The van der Waals surface area contributed by atoms with Gasteiger partial charge in [-0.25, -0.2) is 8.42 Å². The minimum atomic E-state index is -3.81. The van der Waals surface area contributed by atoms with E-state index in [4.69, 9.17) is 9.84 Å². The summed E-state index contributed by atoms with van der Waals surface area (Å²) in [7, 11) is -1.09. The summed E-state index contributed by atoms with van der Waals surface area (Å²) < 4.78 is 32.8. The van der Waals surface area contributed by atoms with Crippen molar-refractivity contribution in [2.45, 2.75) is 30.6 Å². The van der Waals surface area contributed by atoms with Crippen LogP contribution in [0.15, 0.2) is 23.1 Å². The Morgan fingerprint density at radius 3 is 2.35 bits per heavy atom. The third-order valence-corrected chi connectivity index (χ3v) is 6.23. The molecule has 1 fully saturated rings. The number of likely N-dealkylation sites (N-methyl/N-ethyl adjacent to an activating group) is 1. The molecular weight excluding hydrogens is 360 g/mol. The molecule has 0 atom stereocenters. The third kappa shape index (κ3) is 4.53. The van der Waals surface area contributed by atoms with Crippen molar-refractivity contribution in [2.75, 3.05) is 33.8 Å². The molecule has 0 saturated carbocycles. The zero-order valence-corrected chi connectivity index (χ0v) is 15.8. The molecule has 1 aromatic rings. The molecule has 0 aromatic heterocycles. The summed E-state index contributed by atoms with van der Waals surface area (Å²) >= 11 is 0. The van der Waals surface area contributed by atoms with E-state index in [2.05, 4.69) is 0 Å². The highest BCUT2D eigenvalue weighted by Gasteiger charge is 2.29. The van der Waals surface area contributed by atoms with Crippen LogP contribution in [0.1, 0.15) is 36.0 Å². The number of nitrogens with zero attached hydrogens (tertiary/aromatic N) is 2. The van der Waals surface area contributed by atoms with Crippen LogP contribution in [-0.4, -0.2) is 68.4 Å². The van der Waals surface area contributed by atoms with Gasteiger partial charge in [0.05, 0.1) is 7.11 Å². The zero-order chi connectivity index (χ0) is 19.3. The number of carbonyl (C=O) groups is 2. The maximum atomic E-state index is 13.1. The molecule has 0 bridgehead atoms. The second kappa shape index (κ2) is 8.50. The van der Waals surface area contributed by atoms with Crippen LogP contribution in [0.25, 0.3) is 0 Å². The van der Waals surface area contributed by atoms with Crippen molar-refractivity contribution < 1.29 is 27.9 Å². The number of hydrogen-bond donors (Lipinski definition) is 1. The van der Waals surface area contributed by atoms with Crippen molar-refractivity contribution in [3.63, 3.8) is 0 Å². The molecule has 1 N–H and O–H groups in total. The van der Waals surface area contributed by atoms with Gasteiger partial charge in [-0.1, -0.05) is 12.8 Å². The fourth-order valence-electron chi connectivity index (χ4n) is 2.93. The lowest BCUT2D eigenvalue weighted by atomic mass is 10.2. The van der Waals surface area contributed by atoms with Crippen molar-refractivity contribution in [3.05, 3.63) is 23.8 Å². The molecule has 144 valence electrons. The van der Waals surface area contributed by atoms with Gasteiger partial charge in [0.25, 0.3) is 5.91 Å². The van der Waals surface area contributed by atoms with E-state index in [0.717, 1.165) is 30.6 Å². The minimum Gasteiger partial charge on any atom is -0.495 e. The highest BCUT2D eigenvalue weighted by Crippen LogP contribution is 2.29. The molecule has 0 unspecified atom stereocenters. The monoisotopic (exact) mass is 384 g/mol. The summed E-state index contributed by atoms with van der Waals surface area (Å²) in [4.78, 5) is 24.1. The van der Waals surface area contributed by atoms with Crippen molar-refractivity contribution in [1.29, 1.82) is 0 Å². The Morgan fingerprint density at radius 2 is 1.81 bits per heavy atom. The number of carboxylic acids is 1. The molecule has 0 spiro atoms. The summed E-state index contributed by atoms with van der Waals surface area (Å²) in [6.45, 7) is 0.393. The highest BCUT2D eigenvalue weighted by molar-refractivity contribution is 7.89. The van der Waals surface area contributed by atoms with Crippen LogP contribution in [0.2, 0.25) is 0 Å². The predicted molar refractivity (Wildman–Crippen MR) is 94.8 cm³/mol. The molecule has 0 radical (unpaired) electrons. The Morgan fingerprint density at radius 1 is 1.19 bits per heavy atom. The summed E-state index contributed by atoms with van der Waals surface area (Å²) in [6, 6.07) is 4.12. The van der Waals surface area contributed by atoms with Crippen LogP contribution >= 0.6 is 0 Å². The van der Waals surface area contributed by atoms with Gasteiger partial charge in [0.2, 0.25) is 10.0 Å². The zero-order valence-electron chi connectivity index (χ0n) is 15.0. The number of benzene rings is 1. The predicted octanol–water partition coefficient (Wildman–Crippen LogP) is 1.42. The number of rotatable bonds is 6. The molecule has 1 saturated heterocycles. The first kappa shape index (κ1) is 20.2. The summed E-state index contributed by atoms with van der Waals surface area (Å²) in [5.41, 5.74) is 0.1000. The van der Waals surface area contributed by atoms with E-state index in [9.17, 15) is 18.0 Å². The number of ether oxygens (including phenoxy) is 1. The number of sulfonamides is 1. The van der Waals surface area contributed by atoms with Crippen LogP contribution in [0, 0.1) is 0 Å². The topological polar surface area (TPSA) is 104 Å². The molecule has 1 aromatic carbocycles. The van der Waals surface area contributed by atoms with E-state index in [1.807, 2.05) is 0 Å². The Labute approximate surface area is 153 Å². The van der Waals surface area contributed by atoms with E-state index < -0.39 is 28.4 Å². The number of hydrogen-bond acceptors (Lipinski definition) is 5. The van der Waals surface area contributed by atoms with E-state index in [0.29, 0.717) is 13.1 Å². The van der Waals surface area contributed by atoms with Gasteiger partial charge >= 0.3 is 5.97 Å². The number of amides is 1. The lowest BCUT2D eigenvalue weighted by molar-refractivity contribution is -0.137. The van der Waals surface area contributed by atoms with Crippen molar-refractivity contribution in [2.24, 2.45) is 0 Å². The van der Waals surface area contributed by atoms with E-state index in [-0.39, 0.29) is 16.2 Å². The minimum absolute atomic E-state index is 0.0727. The summed E-state index contributed by atoms with van der Waals surface area (Å²) in [6.07, 6.45) is 3.56. The van der Waals surface area contributed by atoms with Crippen LogP contribution in [0.4, 0.5) is 0 Å². The fraction of sp³-hybridized carbons (Fsp3) is 0.529. The molecular formula is C17H24N2O6S. The first-order valence-electron chi connectivity index (χ1n) is 8.43. The van der Waals surface area contributed by atoms with Gasteiger partial charge in [-0.15, -0.1) is 0 Å². The normalized spacial score (nSPS) is 15.9. The Balaban J connectivity index is 2.40. The van der Waals surface area contributed by atoms with Crippen LogP contribution < -0.4 is 4.74 Å². The molecule has 1 aliphatic rings. The highest BCUT2D eigenvalue weighted by atomic mass is 32.2. The quantitative estimate of drug-likeness (QED) is 0.795. The van der Waals surface area contributed by atoms with Gasteiger partial charge in [0.15, 0.2) is 0 Å². The molecule has 26 heavy (non-hydrogen) atoms. The van der Waals surface area contributed by atoms with Crippen molar-refractivity contribution in [3.8, 4) is 5.75 Å². The lowest BCUT2D eigenvalue weighted by Gasteiger charge is -2.22. The molecule has 9 heteroatoms. The van der Waals surface area contributed by atoms with Crippen LogP contribution in [0.3, 0.4) is 0 Å². The number of aliphatic carboxylic acids is 1. The first-order valence-corrected chi connectivity index (χ1v) is 9.87. The Bertz CT molecular complexity index is 769. The average molecular weight is 384 g/mol. The molecule has 1 heterocycles. The van der Waals surface area contributed by atoms with Gasteiger partial charge in [-0.3, -0.25) is 9.59 Å². The number of methoxy groups -OCH3 is 1. The van der Waals surface area contributed by atoms with E-state index in [1.165, 1.54) is 36.7 Å². The maximum Gasteiger partial charge on any atom is 0.323 e. The molecule has 2 rings (SSSR count). The van der Waals surface area contributed by atoms with Gasteiger partial charge in [-0.05, 0) is 31.0 Å². The summed E-state index contributed by atoms with van der Waals surface area (Å²) in [5, 5.41) is 8.83. The number of carboxylic acid groups (broad SMARTS) is 1. The Hall–Kier alpha value is -2.13. The van der Waals surface area contributed by atoms with Crippen LogP contribution in [-0.2, 0) is 14.8 Å². The smallest absolute Gasteiger partial charge is 0.323 e. The van der Waals surface area contributed by atoms with E-state index >= 15 is 0 Å². The van der Waals surface area contributed by atoms with Crippen LogP contribution in [0.5, 0.6) is 5.75 Å². The second-order valence-corrected chi connectivity index (χ2v) is 8.15. The number of carbonyl (C=O) groups excluding carboxylic acids is 1. The SMILES string of the molecule is COc1ccc(C(=O)N(C)CC(=O)O)cc1S(=O)(=O)N1CCCCCC1. The molecule has 0 aliphatic carbocycles. The maximum absolute atomic E-state index is 13.1. The lowest BCUT2D eigenvalue weighted by Crippen LogP contribution is -2.33. The van der Waals surface area contributed by atoms with Gasteiger partial charge in [-0.2, -0.15) is 4.31 Å². The second-order valence-electron chi connectivity index (χ2n) is 6.24. The van der Waals surface area contributed by atoms with Gasteiger partial charge in [0.1, 0.15) is 17.2 Å². The summed E-state index contributed by atoms with van der Waals surface area (Å²) in [5.74, 6) is -1.55. The van der Waals surface area contributed by atoms with Crippen molar-refractivity contribution in [1.82, 2.24) is 9.21 Å². The standard InChI is InChI=1S/C17H24N2O6S/c1-18(12-16(20)21)17(22)13-7-8-14(25-2)15(11-13)26(23,24)19-9-5-3-4-6-10-19/h7-8,11H,3-6,9-10,12H2,1-2H3,(H,20,21). The van der Waals surface area contributed by atoms with Gasteiger partial charge in [0, 0.05) is 25.7 Å². The first-order chi connectivity index (χ1) is 12.3. The molecule has 1 amide bonds. The third-order valence-electron chi connectivity index (χ3n) is 4.31. The Kier molecular flexibility index (Phi) is 6.60. The van der Waals surface area contributed by atoms with E-state index in [1.54, 1.807) is 0 Å².